The molecule has 0 heterocycles. The second kappa shape index (κ2) is 7.24. The molecule has 0 fully saturated rings. The molecule has 0 spiro atoms. The Kier molecular flexibility index (Phi) is 5.34. The summed E-state index contributed by atoms with van der Waals surface area (Å²) in [7, 11) is 1.70. The number of nitrogens with zero attached hydrogens (tertiary/aromatic N) is 2. The Hall–Kier alpha value is -2.40. The normalized spacial score (nSPS) is 11.8. The molecule has 5 nitrogen and oxygen atoms in total. The number of benzene rings is 2. The fourth-order valence-electron chi connectivity index (χ4n) is 2.24. The van der Waals surface area contributed by atoms with Gasteiger partial charge in [-0.1, -0.05) is 35.9 Å². The highest BCUT2D eigenvalue weighted by Crippen LogP contribution is 2.23. The summed E-state index contributed by atoms with van der Waals surface area (Å²) in [5, 5.41) is 11.5. The van der Waals surface area contributed by atoms with E-state index >= 15 is 0 Å². The lowest BCUT2D eigenvalue weighted by Crippen LogP contribution is -2.31. The maximum absolute atomic E-state index is 12.4. The van der Waals surface area contributed by atoms with Crippen molar-refractivity contribution in [1.29, 1.82) is 0 Å². The highest BCUT2D eigenvalue weighted by atomic mass is 35.5. The molecule has 1 atom stereocenters. The summed E-state index contributed by atoms with van der Waals surface area (Å²) >= 11 is 5.83. The third-order valence-corrected chi connectivity index (χ3v) is 4.06. The standard InChI is InChI=1S/C17H17ClN2O3/c1-12(14-4-3-5-16(11-14)20(22)23)19(2)17(21)10-13-6-8-15(18)9-7-13/h3-9,11-12H,10H2,1-2H3/t12-/m1/s1. The lowest BCUT2D eigenvalue weighted by molar-refractivity contribution is -0.384. The number of nitro benzene ring substituents is 1. The molecule has 6 heteroatoms. The van der Waals surface area contributed by atoms with Gasteiger partial charge >= 0.3 is 0 Å². The molecular weight excluding hydrogens is 316 g/mol. The number of hydrogen-bond donors (Lipinski definition) is 0. The van der Waals surface area contributed by atoms with E-state index in [1.807, 2.05) is 19.1 Å². The van der Waals surface area contributed by atoms with Crippen LogP contribution >= 0.6 is 11.6 Å². The van der Waals surface area contributed by atoms with Crippen LogP contribution in [0.1, 0.15) is 24.1 Å². The van der Waals surface area contributed by atoms with E-state index in [-0.39, 0.29) is 24.1 Å². The van der Waals surface area contributed by atoms with Crippen LogP contribution in [0.3, 0.4) is 0 Å². The molecule has 0 unspecified atom stereocenters. The van der Waals surface area contributed by atoms with Gasteiger partial charge in [0.15, 0.2) is 0 Å². The van der Waals surface area contributed by atoms with Crippen LogP contribution in [0.4, 0.5) is 5.69 Å². The quantitative estimate of drug-likeness (QED) is 0.614. The van der Waals surface area contributed by atoms with Crippen molar-refractivity contribution in [1.82, 2.24) is 4.90 Å². The van der Waals surface area contributed by atoms with Crippen LogP contribution in [0.25, 0.3) is 0 Å². The number of nitro groups is 1. The summed E-state index contributed by atoms with van der Waals surface area (Å²) in [6.45, 7) is 1.85. The van der Waals surface area contributed by atoms with Gasteiger partial charge in [0.1, 0.15) is 0 Å². The average molecular weight is 333 g/mol. The minimum absolute atomic E-state index is 0.0212. The van der Waals surface area contributed by atoms with Crippen LogP contribution in [0, 0.1) is 10.1 Å². The zero-order chi connectivity index (χ0) is 17.0. The molecule has 23 heavy (non-hydrogen) atoms. The van der Waals surface area contributed by atoms with Gasteiger partial charge in [-0.3, -0.25) is 14.9 Å². The molecule has 0 saturated carbocycles. The Labute approximate surface area is 139 Å². The van der Waals surface area contributed by atoms with E-state index in [9.17, 15) is 14.9 Å². The first-order valence-corrected chi connectivity index (χ1v) is 7.50. The number of hydrogen-bond acceptors (Lipinski definition) is 3. The number of carbonyl (C=O) groups is 1. The maximum Gasteiger partial charge on any atom is 0.269 e. The molecule has 0 radical (unpaired) electrons. The topological polar surface area (TPSA) is 63.5 Å². The zero-order valence-corrected chi connectivity index (χ0v) is 13.7. The van der Waals surface area contributed by atoms with Gasteiger partial charge in [0.2, 0.25) is 5.91 Å². The smallest absolute Gasteiger partial charge is 0.269 e. The fraction of sp³-hybridized carbons (Fsp3) is 0.235. The second-order valence-electron chi connectivity index (χ2n) is 5.34. The Morgan fingerprint density at radius 2 is 1.91 bits per heavy atom. The van der Waals surface area contributed by atoms with Crippen molar-refractivity contribution in [2.24, 2.45) is 0 Å². The minimum atomic E-state index is -0.439. The van der Waals surface area contributed by atoms with Crippen LogP contribution in [0.15, 0.2) is 48.5 Å². The molecule has 1 amide bonds. The Bertz CT molecular complexity index is 716. The number of rotatable bonds is 5. The Morgan fingerprint density at radius 1 is 1.26 bits per heavy atom. The monoisotopic (exact) mass is 332 g/mol. The van der Waals surface area contributed by atoms with Crippen molar-refractivity contribution >= 4 is 23.2 Å². The summed E-state index contributed by atoms with van der Waals surface area (Å²) in [6, 6.07) is 13.2. The SMILES string of the molecule is C[C@H](c1cccc([N+](=O)[O-])c1)N(C)C(=O)Cc1ccc(Cl)cc1. The highest BCUT2D eigenvalue weighted by molar-refractivity contribution is 6.30. The molecule has 0 bridgehead atoms. The molecule has 2 aromatic rings. The third kappa shape index (κ3) is 4.29. The summed E-state index contributed by atoms with van der Waals surface area (Å²) in [4.78, 5) is 24.4. The fourth-order valence-corrected chi connectivity index (χ4v) is 2.37. The van der Waals surface area contributed by atoms with E-state index in [0.717, 1.165) is 11.1 Å². The van der Waals surface area contributed by atoms with Crippen molar-refractivity contribution in [3.63, 3.8) is 0 Å². The molecule has 0 saturated heterocycles. The van der Waals surface area contributed by atoms with Gasteiger partial charge in [0, 0.05) is 24.2 Å². The lowest BCUT2D eigenvalue weighted by Gasteiger charge is -2.25. The van der Waals surface area contributed by atoms with Crippen LogP contribution < -0.4 is 0 Å². The number of halogens is 1. The summed E-state index contributed by atoms with van der Waals surface area (Å²) in [5.41, 5.74) is 1.62. The van der Waals surface area contributed by atoms with Gasteiger partial charge < -0.3 is 4.90 Å². The molecule has 0 aliphatic carbocycles. The molecule has 2 rings (SSSR count). The maximum atomic E-state index is 12.4. The zero-order valence-electron chi connectivity index (χ0n) is 12.9. The van der Waals surface area contributed by atoms with Crippen molar-refractivity contribution < 1.29 is 9.72 Å². The van der Waals surface area contributed by atoms with E-state index < -0.39 is 4.92 Å². The van der Waals surface area contributed by atoms with Crippen LogP contribution in [0.2, 0.25) is 5.02 Å². The first kappa shape index (κ1) is 17.0. The van der Waals surface area contributed by atoms with Gasteiger partial charge in [0.05, 0.1) is 17.4 Å². The number of likely N-dealkylation sites (N-methyl/N-ethyl adjacent to an activating group) is 1. The van der Waals surface area contributed by atoms with Gasteiger partial charge in [0.25, 0.3) is 5.69 Å². The lowest BCUT2D eigenvalue weighted by atomic mass is 10.1. The van der Waals surface area contributed by atoms with Gasteiger partial charge in [-0.15, -0.1) is 0 Å². The largest absolute Gasteiger partial charge is 0.339 e. The van der Waals surface area contributed by atoms with Gasteiger partial charge in [-0.05, 0) is 30.2 Å². The van der Waals surface area contributed by atoms with Gasteiger partial charge in [-0.25, -0.2) is 0 Å². The van der Waals surface area contributed by atoms with Crippen molar-refractivity contribution in [2.45, 2.75) is 19.4 Å². The Balaban J connectivity index is 2.10. The molecule has 0 aliphatic heterocycles. The Morgan fingerprint density at radius 3 is 2.52 bits per heavy atom. The molecule has 0 aromatic heterocycles. The first-order chi connectivity index (χ1) is 10.9. The number of non-ortho nitro benzene ring substituents is 1. The molecule has 2 aromatic carbocycles. The summed E-state index contributed by atoms with van der Waals surface area (Å²) in [6.07, 6.45) is 0.257. The summed E-state index contributed by atoms with van der Waals surface area (Å²) in [5.74, 6) is -0.0636. The van der Waals surface area contributed by atoms with E-state index in [4.69, 9.17) is 11.6 Å². The molecule has 120 valence electrons. The average Bonchev–Trinajstić information content (AvgIpc) is 2.55. The minimum Gasteiger partial charge on any atom is -0.339 e. The van der Waals surface area contributed by atoms with Crippen molar-refractivity contribution in [3.05, 3.63) is 74.8 Å². The predicted molar refractivity (Wildman–Crippen MR) is 89.4 cm³/mol. The third-order valence-electron chi connectivity index (χ3n) is 3.81. The van der Waals surface area contributed by atoms with E-state index in [2.05, 4.69) is 0 Å². The second-order valence-corrected chi connectivity index (χ2v) is 5.77. The summed E-state index contributed by atoms with van der Waals surface area (Å²) < 4.78 is 0. The first-order valence-electron chi connectivity index (χ1n) is 7.13. The predicted octanol–water partition coefficient (Wildman–Crippen LogP) is 4.01. The van der Waals surface area contributed by atoms with Crippen molar-refractivity contribution in [3.8, 4) is 0 Å². The molecule has 0 N–H and O–H groups in total. The molecular formula is C17H17ClN2O3. The van der Waals surface area contributed by atoms with E-state index in [0.29, 0.717) is 5.02 Å². The number of carbonyl (C=O) groups excluding carboxylic acids is 1. The van der Waals surface area contributed by atoms with E-state index in [1.54, 1.807) is 36.2 Å². The van der Waals surface area contributed by atoms with Gasteiger partial charge in [-0.2, -0.15) is 0 Å². The van der Waals surface area contributed by atoms with Crippen LogP contribution in [-0.2, 0) is 11.2 Å². The van der Waals surface area contributed by atoms with E-state index in [1.165, 1.54) is 12.1 Å². The highest BCUT2D eigenvalue weighted by Gasteiger charge is 2.19. The molecule has 0 aliphatic rings. The van der Waals surface area contributed by atoms with Crippen LogP contribution in [0.5, 0.6) is 0 Å². The number of amides is 1. The van der Waals surface area contributed by atoms with Crippen LogP contribution in [-0.4, -0.2) is 22.8 Å². The van der Waals surface area contributed by atoms with Crippen molar-refractivity contribution in [2.75, 3.05) is 7.05 Å².